The summed E-state index contributed by atoms with van der Waals surface area (Å²) in [5.74, 6) is -0.876. The van der Waals surface area contributed by atoms with Crippen LogP contribution in [0.25, 0.3) is 5.13 Å². The van der Waals surface area contributed by atoms with E-state index in [9.17, 15) is 4.79 Å². The molecule has 0 bridgehead atoms. The smallest absolute Gasteiger partial charge is 0.337 e. The van der Waals surface area contributed by atoms with Gasteiger partial charge in [0.25, 0.3) is 0 Å². The van der Waals surface area contributed by atoms with Crippen molar-refractivity contribution in [1.29, 1.82) is 0 Å². The lowest BCUT2D eigenvalue weighted by molar-refractivity contribution is 0.0696. The van der Waals surface area contributed by atoms with Crippen LogP contribution in [-0.2, 0) is 12.8 Å². The maximum atomic E-state index is 11.1. The van der Waals surface area contributed by atoms with Gasteiger partial charge >= 0.3 is 5.97 Å². The molecular formula is C13H14N2O2S. The lowest BCUT2D eigenvalue weighted by Gasteiger charge is -2.04. The van der Waals surface area contributed by atoms with Crippen molar-refractivity contribution in [2.24, 2.45) is 0 Å². The Balaban J connectivity index is 2.13. The zero-order chi connectivity index (χ0) is 12.9. The second-order valence-corrected chi connectivity index (χ2v) is 5.71. The monoisotopic (exact) mass is 262 g/mol. The standard InChI is InChI=1S/C13H14N2O2S/c1-7-6-9(12(16)17)8(2)15(7)13-14-10-4-3-5-11(10)18-13/h6H,3-5H2,1-2H3,(H,16,17). The average molecular weight is 262 g/mol. The molecule has 3 rings (SSSR count). The molecule has 0 spiro atoms. The second-order valence-electron chi connectivity index (χ2n) is 4.65. The molecule has 2 aromatic heterocycles. The number of carboxylic acid groups (broad SMARTS) is 1. The Kier molecular flexibility index (Phi) is 2.52. The Morgan fingerprint density at radius 1 is 1.44 bits per heavy atom. The van der Waals surface area contributed by atoms with Crippen LogP contribution >= 0.6 is 11.3 Å². The summed E-state index contributed by atoms with van der Waals surface area (Å²) in [4.78, 5) is 17.1. The van der Waals surface area contributed by atoms with E-state index in [1.54, 1.807) is 17.4 Å². The van der Waals surface area contributed by atoms with Crippen molar-refractivity contribution >= 4 is 17.3 Å². The fourth-order valence-electron chi connectivity index (χ4n) is 2.55. The van der Waals surface area contributed by atoms with E-state index in [0.29, 0.717) is 5.56 Å². The molecular weight excluding hydrogens is 248 g/mol. The summed E-state index contributed by atoms with van der Waals surface area (Å²) >= 11 is 1.69. The van der Waals surface area contributed by atoms with Crippen LogP contribution in [0.4, 0.5) is 0 Å². The number of thiazole rings is 1. The molecule has 2 heterocycles. The van der Waals surface area contributed by atoms with Crippen LogP contribution in [0.5, 0.6) is 0 Å². The highest BCUT2D eigenvalue weighted by atomic mass is 32.1. The number of carboxylic acids is 1. The Morgan fingerprint density at radius 2 is 2.22 bits per heavy atom. The molecule has 1 aliphatic rings. The first-order valence-corrected chi connectivity index (χ1v) is 6.80. The summed E-state index contributed by atoms with van der Waals surface area (Å²) < 4.78 is 1.95. The number of hydrogen-bond acceptors (Lipinski definition) is 3. The minimum Gasteiger partial charge on any atom is -0.478 e. The fraction of sp³-hybridized carbons (Fsp3) is 0.385. The molecule has 5 heteroatoms. The zero-order valence-corrected chi connectivity index (χ0v) is 11.2. The van der Waals surface area contributed by atoms with Gasteiger partial charge < -0.3 is 5.11 Å². The van der Waals surface area contributed by atoms with Gasteiger partial charge in [-0.05, 0) is 39.2 Å². The summed E-state index contributed by atoms with van der Waals surface area (Å²) in [6, 6.07) is 1.71. The first kappa shape index (κ1) is 11.5. The lowest BCUT2D eigenvalue weighted by Crippen LogP contribution is -2.02. The molecule has 94 valence electrons. The fourth-order valence-corrected chi connectivity index (χ4v) is 3.81. The van der Waals surface area contributed by atoms with Crippen LogP contribution in [0.3, 0.4) is 0 Å². The van der Waals surface area contributed by atoms with Gasteiger partial charge in [-0.1, -0.05) is 0 Å². The highest BCUT2D eigenvalue weighted by Gasteiger charge is 2.21. The van der Waals surface area contributed by atoms with Gasteiger partial charge in [0.05, 0.1) is 11.3 Å². The summed E-state index contributed by atoms with van der Waals surface area (Å²) in [6.07, 6.45) is 3.35. The van der Waals surface area contributed by atoms with Gasteiger partial charge in [-0.3, -0.25) is 4.57 Å². The minimum atomic E-state index is -0.876. The van der Waals surface area contributed by atoms with Crippen molar-refractivity contribution in [2.45, 2.75) is 33.1 Å². The van der Waals surface area contributed by atoms with Gasteiger partial charge in [0, 0.05) is 16.3 Å². The van der Waals surface area contributed by atoms with Crippen LogP contribution < -0.4 is 0 Å². The van der Waals surface area contributed by atoms with Gasteiger partial charge in [-0.15, -0.1) is 11.3 Å². The molecule has 0 aromatic carbocycles. The first-order chi connectivity index (χ1) is 8.58. The summed E-state index contributed by atoms with van der Waals surface area (Å²) in [7, 11) is 0. The molecule has 0 saturated carbocycles. The van der Waals surface area contributed by atoms with Gasteiger partial charge in [0.1, 0.15) is 0 Å². The molecule has 0 saturated heterocycles. The van der Waals surface area contributed by atoms with Crippen molar-refractivity contribution in [1.82, 2.24) is 9.55 Å². The average Bonchev–Trinajstić information content (AvgIpc) is 2.91. The van der Waals surface area contributed by atoms with E-state index in [2.05, 4.69) is 4.98 Å². The maximum Gasteiger partial charge on any atom is 0.337 e. The third-order valence-electron chi connectivity index (χ3n) is 3.44. The van der Waals surface area contributed by atoms with E-state index in [1.165, 1.54) is 17.0 Å². The Labute approximate surface area is 109 Å². The number of aromatic nitrogens is 2. The molecule has 1 aliphatic carbocycles. The minimum absolute atomic E-state index is 0.364. The predicted octanol–water partition coefficient (Wildman–Crippen LogP) is 2.74. The zero-order valence-electron chi connectivity index (χ0n) is 10.4. The number of hydrogen-bond donors (Lipinski definition) is 1. The van der Waals surface area contributed by atoms with Crippen LogP contribution in [0, 0.1) is 13.8 Å². The molecule has 0 radical (unpaired) electrons. The van der Waals surface area contributed by atoms with Gasteiger partial charge in [0.2, 0.25) is 0 Å². The van der Waals surface area contributed by atoms with Crippen LogP contribution in [0.15, 0.2) is 6.07 Å². The van der Waals surface area contributed by atoms with Crippen LogP contribution in [0.2, 0.25) is 0 Å². The quantitative estimate of drug-likeness (QED) is 0.905. The Hall–Kier alpha value is -1.62. The van der Waals surface area contributed by atoms with Crippen molar-refractivity contribution in [3.63, 3.8) is 0 Å². The van der Waals surface area contributed by atoms with Gasteiger partial charge in [-0.2, -0.15) is 0 Å². The second kappa shape index (κ2) is 3.95. The van der Waals surface area contributed by atoms with Crippen molar-refractivity contribution in [3.8, 4) is 5.13 Å². The summed E-state index contributed by atoms with van der Waals surface area (Å²) in [6.45, 7) is 3.76. The van der Waals surface area contributed by atoms with Crippen molar-refractivity contribution in [2.75, 3.05) is 0 Å². The lowest BCUT2D eigenvalue weighted by atomic mass is 10.2. The molecule has 0 atom stereocenters. The molecule has 18 heavy (non-hydrogen) atoms. The molecule has 0 unspecified atom stereocenters. The number of rotatable bonds is 2. The molecule has 0 amide bonds. The number of nitrogens with zero attached hydrogens (tertiary/aromatic N) is 2. The maximum absolute atomic E-state index is 11.1. The van der Waals surface area contributed by atoms with E-state index in [-0.39, 0.29) is 0 Å². The molecule has 0 aliphatic heterocycles. The summed E-state index contributed by atoms with van der Waals surface area (Å²) in [5.41, 5.74) is 3.24. The van der Waals surface area contributed by atoms with E-state index < -0.39 is 5.97 Å². The molecule has 1 N–H and O–H groups in total. The van der Waals surface area contributed by atoms with Crippen molar-refractivity contribution in [3.05, 3.63) is 33.6 Å². The van der Waals surface area contributed by atoms with Gasteiger partial charge in [0.15, 0.2) is 5.13 Å². The molecule has 2 aromatic rings. The van der Waals surface area contributed by atoms with E-state index in [0.717, 1.165) is 29.4 Å². The van der Waals surface area contributed by atoms with E-state index in [1.807, 2.05) is 18.4 Å². The first-order valence-electron chi connectivity index (χ1n) is 5.99. The molecule has 4 nitrogen and oxygen atoms in total. The highest BCUT2D eigenvalue weighted by Crippen LogP contribution is 2.31. The Morgan fingerprint density at radius 3 is 2.83 bits per heavy atom. The van der Waals surface area contributed by atoms with E-state index >= 15 is 0 Å². The predicted molar refractivity (Wildman–Crippen MR) is 69.9 cm³/mol. The topological polar surface area (TPSA) is 55.1 Å². The largest absolute Gasteiger partial charge is 0.478 e. The van der Waals surface area contributed by atoms with E-state index in [4.69, 9.17) is 5.11 Å². The number of aryl methyl sites for hydroxylation is 3. The molecule has 0 fully saturated rings. The normalized spacial score (nSPS) is 13.9. The number of fused-ring (bicyclic) bond motifs is 1. The Bertz CT molecular complexity index is 618. The summed E-state index contributed by atoms with van der Waals surface area (Å²) in [5, 5.41) is 10.0. The third-order valence-corrected chi connectivity index (χ3v) is 4.58. The number of carbonyl (C=O) groups is 1. The van der Waals surface area contributed by atoms with Crippen LogP contribution in [-0.4, -0.2) is 20.6 Å². The number of aromatic carboxylic acids is 1. The highest BCUT2D eigenvalue weighted by molar-refractivity contribution is 7.14. The van der Waals surface area contributed by atoms with Crippen molar-refractivity contribution < 1.29 is 9.90 Å². The third kappa shape index (κ3) is 1.58. The van der Waals surface area contributed by atoms with Gasteiger partial charge in [-0.25, -0.2) is 9.78 Å². The SMILES string of the molecule is Cc1cc(C(=O)O)c(C)n1-c1nc2c(s1)CCC2. The van der Waals surface area contributed by atoms with Crippen LogP contribution in [0.1, 0.15) is 38.7 Å².